The van der Waals surface area contributed by atoms with Gasteiger partial charge in [0.25, 0.3) is 0 Å². The first-order valence-corrected chi connectivity index (χ1v) is 9.43. The van der Waals surface area contributed by atoms with E-state index in [0.717, 1.165) is 29.9 Å². The summed E-state index contributed by atoms with van der Waals surface area (Å²) in [6.45, 7) is 8.05. The molecule has 1 aliphatic rings. The number of anilines is 1. The molecule has 6 nitrogen and oxygen atoms in total. The van der Waals surface area contributed by atoms with Gasteiger partial charge in [-0.3, -0.25) is 5.41 Å². The van der Waals surface area contributed by atoms with Crippen molar-refractivity contribution in [3.63, 3.8) is 0 Å². The molecule has 1 unspecified atom stereocenters. The average molecular weight is 374 g/mol. The molecule has 0 aliphatic heterocycles. The van der Waals surface area contributed by atoms with Gasteiger partial charge in [0, 0.05) is 23.9 Å². The van der Waals surface area contributed by atoms with Crippen molar-refractivity contribution in [1.82, 2.24) is 15.1 Å². The van der Waals surface area contributed by atoms with E-state index >= 15 is 0 Å². The van der Waals surface area contributed by atoms with Crippen LogP contribution in [0.3, 0.4) is 0 Å². The van der Waals surface area contributed by atoms with E-state index in [1.165, 1.54) is 5.56 Å². The lowest BCUT2D eigenvalue weighted by molar-refractivity contribution is 0.674. The number of amidine groups is 1. The van der Waals surface area contributed by atoms with Crippen molar-refractivity contribution in [2.24, 2.45) is 4.99 Å². The van der Waals surface area contributed by atoms with E-state index in [9.17, 15) is 0 Å². The van der Waals surface area contributed by atoms with E-state index in [0.29, 0.717) is 5.82 Å². The lowest BCUT2D eigenvalue weighted by atomic mass is 10.0. The maximum atomic E-state index is 7.88. The second-order valence-corrected chi connectivity index (χ2v) is 6.46. The second-order valence-electron chi connectivity index (χ2n) is 6.46. The summed E-state index contributed by atoms with van der Waals surface area (Å²) >= 11 is 0. The van der Waals surface area contributed by atoms with Crippen LogP contribution in [-0.2, 0) is 6.42 Å². The summed E-state index contributed by atoms with van der Waals surface area (Å²) in [6.07, 6.45) is 11.1. The Morgan fingerprint density at radius 1 is 1.39 bits per heavy atom. The zero-order valence-corrected chi connectivity index (χ0v) is 16.3. The molecule has 1 atom stereocenters. The minimum absolute atomic E-state index is 0.112. The third kappa shape index (κ3) is 4.46. The molecule has 0 saturated carbocycles. The number of nitrogens with one attached hydrogen (secondary N) is 3. The van der Waals surface area contributed by atoms with Gasteiger partial charge in [0.2, 0.25) is 0 Å². The standard InChI is InChI=1S/C22H26N6/c1-4-17-8-6-7-9-20(17)28-21(14-15-25-28)27-16(3)26-19-12-10-18(11-13-19)22(23)24-5-2/h5-12,14-15,19,23,26-27H,3-4,13H2,1-2H3/b23-22?,24-5-. The lowest BCUT2D eigenvalue weighted by Crippen LogP contribution is -2.30. The highest BCUT2D eigenvalue weighted by atomic mass is 15.3. The molecule has 1 aliphatic carbocycles. The zero-order valence-electron chi connectivity index (χ0n) is 16.3. The number of hydrogen-bond acceptors (Lipinski definition) is 4. The summed E-state index contributed by atoms with van der Waals surface area (Å²) in [7, 11) is 0. The van der Waals surface area contributed by atoms with Gasteiger partial charge < -0.3 is 10.6 Å². The van der Waals surface area contributed by atoms with E-state index in [2.05, 4.69) is 46.4 Å². The van der Waals surface area contributed by atoms with E-state index < -0.39 is 0 Å². The van der Waals surface area contributed by atoms with Crippen LogP contribution in [0.2, 0.25) is 0 Å². The van der Waals surface area contributed by atoms with Crippen LogP contribution in [0.4, 0.5) is 5.82 Å². The number of aliphatic imine (C=N–C) groups is 1. The van der Waals surface area contributed by atoms with Crippen LogP contribution >= 0.6 is 0 Å². The van der Waals surface area contributed by atoms with Crippen LogP contribution in [0.15, 0.2) is 77.7 Å². The molecule has 3 N–H and O–H groups in total. The monoisotopic (exact) mass is 374 g/mol. The van der Waals surface area contributed by atoms with Gasteiger partial charge in [0.05, 0.1) is 17.7 Å². The van der Waals surface area contributed by atoms with Gasteiger partial charge in [0.15, 0.2) is 5.84 Å². The number of para-hydroxylation sites is 1. The van der Waals surface area contributed by atoms with Gasteiger partial charge >= 0.3 is 0 Å². The molecular formula is C22H26N6. The fourth-order valence-corrected chi connectivity index (χ4v) is 3.13. The van der Waals surface area contributed by atoms with Crippen LogP contribution < -0.4 is 10.6 Å². The summed E-state index contributed by atoms with van der Waals surface area (Å²) in [5, 5.41) is 19.0. The predicted octanol–water partition coefficient (Wildman–Crippen LogP) is 4.23. The maximum absolute atomic E-state index is 7.88. The first kappa shape index (κ1) is 19.4. The number of hydrogen-bond donors (Lipinski definition) is 3. The molecule has 2 aromatic rings. The largest absolute Gasteiger partial charge is 0.366 e. The zero-order chi connectivity index (χ0) is 19.9. The highest BCUT2D eigenvalue weighted by Crippen LogP contribution is 2.20. The third-order valence-corrected chi connectivity index (χ3v) is 4.51. The van der Waals surface area contributed by atoms with Crippen LogP contribution in [0.1, 0.15) is 25.8 Å². The van der Waals surface area contributed by atoms with Crippen molar-refractivity contribution in [2.75, 3.05) is 5.32 Å². The van der Waals surface area contributed by atoms with Gasteiger partial charge in [-0.2, -0.15) is 5.10 Å². The molecule has 0 bridgehead atoms. The molecule has 0 spiro atoms. The van der Waals surface area contributed by atoms with Crippen LogP contribution in [-0.4, -0.2) is 27.9 Å². The normalized spacial score (nSPS) is 16.1. The molecule has 0 amide bonds. The number of aryl methyl sites for hydroxylation is 1. The molecular weight excluding hydrogens is 348 g/mol. The fraction of sp³-hybridized carbons (Fsp3) is 0.227. The highest BCUT2D eigenvalue weighted by molar-refractivity contribution is 6.02. The van der Waals surface area contributed by atoms with Crippen molar-refractivity contribution in [3.8, 4) is 5.69 Å². The Morgan fingerprint density at radius 3 is 2.93 bits per heavy atom. The number of aromatic nitrogens is 2. The topological polar surface area (TPSA) is 78.1 Å². The maximum Gasteiger partial charge on any atom is 0.151 e. The molecule has 0 radical (unpaired) electrons. The average Bonchev–Trinajstić information content (AvgIpc) is 3.16. The van der Waals surface area contributed by atoms with Crippen molar-refractivity contribution in [1.29, 1.82) is 5.41 Å². The Hall–Kier alpha value is -3.41. The minimum Gasteiger partial charge on any atom is -0.366 e. The number of nitrogens with zero attached hydrogens (tertiary/aromatic N) is 3. The van der Waals surface area contributed by atoms with E-state index in [4.69, 9.17) is 5.41 Å². The quantitative estimate of drug-likeness (QED) is 0.501. The van der Waals surface area contributed by atoms with Crippen molar-refractivity contribution >= 4 is 17.9 Å². The van der Waals surface area contributed by atoms with Gasteiger partial charge in [-0.05, 0) is 31.4 Å². The predicted molar refractivity (Wildman–Crippen MR) is 116 cm³/mol. The van der Waals surface area contributed by atoms with E-state index in [1.807, 2.05) is 48.0 Å². The Bertz CT molecular complexity index is 947. The van der Waals surface area contributed by atoms with Crippen LogP contribution in [0.5, 0.6) is 0 Å². The molecule has 144 valence electrons. The van der Waals surface area contributed by atoms with Gasteiger partial charge in [-0.25, -0.2) is 9.67 Å². The molecule has 0 fully saturated rings. The number of benzene rings is 1. The van der Waals surface area contributed by atoms with Gasteiger partial charge in [0.1, 0.15) is 5.82 Å². The molecule has 0 saturated heterocycles. The first-order chi connectivity index (χ1) is 13.6. The Kier molecular flexibility index (Phi) is 6.22. The first-order valence-electron chi connectivity index (χ1n) is 9.43. The summed E-state index contributed by atoms with van der Waals surface area (Å²) < 4.78 is 1.89. The SMILES string of the molecule is C=C(Nc1ccnn1-c1ccccc1CC)NC1C=CC(C(=N)/N=C\C)=CC1. The Morgan fingerprint density at radius 2 is 2.21 bits per heavy atom. The smallest absolute Gasteiger partial charge is 0.151 e. The molecule has 1 aromatic heterocycles. The molecule has 3 rings (SSSR count). The molecule has 28 heavy (non-hydrogen) atoms. The van der Waals surface area contributed by atoms with Gasteiger partial charge in [-0.15, -0.1) is 0 Å². The van der Waals surface area contributed by atoms with E-state index in [1.54, 1.807) is 12.4 Å². The Labute approximate surface area is 165 Å². The minimum atomic E-state index is 0.112. The molecule has 6 heteroatoms. The second kappa shape index (κ2) is 8.99. The molecule has 1 aromatic carbocycles. The Balaban J connectivity index is 1.64. The van der Waals surface area contributed by atoms with Crippen LogP contribution in [0.25, 0.3) is 5.69 Å². The molecule has 1 heterocycles. The van der Waals surface area contributed by atoms with Crippen LogP contribution in [0, 0.1) is 5.41 Å². The summed E-state index contributed by atoms with van der Waals surface area (Å²) in [5.41, 5.74) is 3.13. The van der Waals surface area contributed by atoms with Crippen molar-refractivity contribution in [3.05, 3.63) is 78.3 Å². The van der Waals surface area contributed by atoms with Gasteiger partial charge in [-0.1, -0.05) is 49.9 Å². The summed E-state index contributed by atoms with van der Waals surface area (Å²) in [4.78, 5) is 4.02. The number of rotatable bonds is 7. The lowest BCUT2D eigenvalue weighted by Gasteiger charge is -2.21. The highest BCUT2D eigenvalue weighted by Gasteiger charge is 2.13. The summed E-state index contributed by atoms with van der Waals surface area (Å²) in [6, 6.07) is 10.3. The van der Waals surface area contributed by atoms with E-state index in [-0.39, 0.29) is 11.9 Å². The van der Waals surface area contributed by atoms with Crippen molar-refractivity contribution in [2.45, 2.75) is 32.7 Å². The fourth-order valence-electron chi connectivity index (χ4n) is 3.13. The third-order valence-electron chi connectivity index (χ3n) is 4.51. The van der Waals surface area contributed by atoms with Crippen molar-refractivity contribution < 1.29 is 0 Å². The summed E-state index contributed by atoms with van der Waals surface area (Å²) in [5.74, 6) is 1.84.